The lowest BCUT2D eigenvalue weighted by Crippen LogP contribution is -2.36. The number of rotatable bonds is 2. The van der Waals surface area contributed by atoms with E-state index in [1.54, 1.807) is 0 Å². The molecular weight excluding hydrogens is 228 g/mol. The summed E-state index contributed by atoms with van der Waals surface area (Å²) in [5, 5.41) is 0. The van der Waals surface area contributed by atoms with Crippen molar-refractivity contribution in [3.05, 3.63) is 0 Å². The van der Waals surface area contributed by atoms with Gasteiger partial charge in [-0.2, -0.15) is 0 Å². The molecule has 17 heavy (non-hydrogen) atoms. The maximum Gasteiger partial charge on any atom is 0.248 e. The first-order chi connectivity index (χ1) is 8.07. The maximum absolute atomic E-state index is 13.1. The predicted octanol–water partition coefficient (Wildman–Crippen LogP) is 1.87. The van der Waals surface area contributed by atoms with Crippen LogP contribution in [-0.4, -0.2) is 49.5 Å². The molecule has 1 saturated carbocycles. The second-order valence-corrected chi connectivity index (χ2v) is 5.56. The summed E-state index contributed by atoms with van der Waals surface area (Å²) >= 11 is 0. The standard InChI is InChI=1S/C12H19F2NO2/c13-11(14)2-1-10(7-11)8-15-4-3-12(9-15)16-5-6-17-12/h10H,1-9H2. The quantitative estimate of drug-likeness (QED) is 0.743. The minimum atomic E-state index is -2.43. The molecule has 98 valence electrons. The van der Waals surface area contributed by atoms with Gasteiger partial charge in [-0.3, -0.25) is 4.90 Å². The van der Waals surface area contributed by atoms with Gasteiger partial charge in [0.1, 0.15) is 0 Å². The first-order valence-corrected chi connectivity index (χ1v) is 6.45. The summed E-state index contributed by atoms with van der Waals surface area (Å²) in [5.74, 6) is -2.70. The molecule has 2 heterocycles. The van der Waals surface area contributed by atoms with E-state index >= 15 is 0 Å². The Morgan fingerprint density at radius 2 is 1.94 bits per heavy atom. The Kier molecular flexibility index (Phi) is 2.88. The van der Waals surface area contributed by atoms with Crippen LogP contribution in [0, 0.1) is 5.92 Å². The van der Waals surface area contributed by atoms with E-state index in [0.29, 0.717) is 19.6 Å². The summed E-state index contributed by atoms with van der Waals surface area (Å²) in [7, 11) is 0. The van der Waals surface area contributed by atoms with Crippen molar-refractivity contribution < 1.29 is 18.3 Å². The van der Waals surface area contributed by atoms with Gasteiger partial charge in [-0.25, -0.2) is 8.78 Å². The van der Waals surface area contributed by atoms with Crippen LogP contribution < -0.4 is 0 Å². The number of hydrogen-bond donors (Lipinski definition) is 0. The molecule has 3 nitrogen and oxygen atoms in total. The lowest BCUT2D eigenvalue weighted by molar-refractivity contribution is -0.145. The van der Waals surface area contributed by atoms with Crippen molar-refractivity contribution in [1.29, 1.82) is 0 Å². The Bertz CT molecular complexity index is 292. The molecule has 0 aromatic rings. The summed E-state index contributed by atoms with van der Waals surface area (Å²) in [5.41, 5.74) is 0. The Labute approximate surface area is 100 Å². The first kappa shape index (κ1) is 11.8. The molecular formula is C12H19F2NO2. The van der Waals surface area contributed by atoms with Gasteiger partial charge in [0.15, 0.2) is 5.79 Å². The smallest absolute Gasteiger partial charge is 0.248 e. The molecule has 5 heteroatoms. The average Bonchev–Trinajstić information content (AvgIpc) is 2.93. The normalized spacial score (nSPS) is 36.0. The molecule has 0 amide bonds. The van der Waals surface area contributed by atoms with E-state index in [1.165, 1.54) is 0 Å². The summed E-state index contributed by atoms with van der Waals surface area (Å²) in [6, 6.07) is 0. The molecule has 0 N–H and O–H groups in total. The maximum atomic E-state index is 13.1. The van der Waals surface area contributed by atoms with Crippen molar-refractivity contribution in [1.82, 2.24) is 4.90 Å². The lowest BCUT2D eigenvalue weighted by atomic mass is 10.1. The summed E-state index contributed by atoms with van der Waals surface area (Å²) in [6.07, 6.45) is 1.64. The highest BCUT2D eigenvalue weighted by Crippen LogP contribution is 2.40. The molecule has 0 aromatic carbocycles. The number of ether oxygens (including phenoxy) is 2. The van der Waals surface area contributed by atoms with Gasteiger partial charge in [-0.1, -0.05) is 0 Å². The van der Waals surface area contributed by atoms with Crippen molar-refractivity contribution in [3.8, 4) is 0 Å². The zero-order valence-corrected chi connectivity index (χ0v) is 9.96. The number of hydrogen-bond acceptors (Lipinski definition) is 3. The fraction of sp³-hybridized carbons (Fsp3) is 1.00. The van der Waals surface area contributed by atoms with Crippen LogP contribution in [0.5, 0.6) is 0 Å². The van der Waals surface area contributed by atoms with Crippen molar-refractivity contribution >= 4 is 0 Å². The van der Waals surface area contributed by atoms with Crippen LogP contribution in [0.2, 0.25) is 0 Å². The minimum Gasteiger partial charge on any atom is -0.346 e. The van der Waals surface area contributed by atoms with Crippen LogP contribution in [0.15, 0.2) is 0 Å². The summed E-state index contributed by atoms with van der Waals surface area (Å²) < 4.78 is 37.4. The SMILES string of the molecule is FC1(F)CCC(CN2CCC3(C2)OCCO3)C1. The third-order valence-electron chi connectivity index (χ3n) is 4.11. The van der Waals surface area contributed by atoms with Crippen LogP contribution >= 0.6 is 0 Å². The van der Waals surface area contributed by atoms with Gasteiger partial charge in [0.05, 0.1) is 19.8 Å². The van der Waals surface area contributed by atoms with Gasteiger partial charge < -0.3 is 9.47 Å². The van der Waals surface area contributed by atoms with E-state index < -0.39 is 11.7 Å². The first-order valence-electron chi connectivity index (χ1n) is 6.45. The third-order valence-corrected chi connectivity index (χ3v) is 4.11. The number of halogens is 2. The predicted molar refractivity (Wildman–Crippen MR) is 58.0 cm³/mol. The van der Waals surface area contributed by atoms with Gasteiger partial charge in [0.2, 0.25) is 5.92 Å². The van der Waals surface area contributed by atoms with Crippen LogP contribution in [0.4, 0.5) is 8.78 Å². The fourth-order valence-electron chi connectivity index (χ4n) is 3.28. The number of alkyl halides is 2. The molecule has 2 aliphatic heterocycles. The van der Waals surface area contributed by atoms with Crippen molar-refractivity contribution in [2.24, 2.45) is 5.92 Å². The second-order valence-electron chi connectivity index (χ2n) is 5.56. The molecule has 0 radical (unpaired) electrons. The monoisotopic (exact) mass is 247 g/mol. The Balaban J connectivity index is 1.51. The summed E-state index contributed by atoms with van der Waals surface area (Å²) in [6.45, 7) is 3.74. The summed E-state index contributed by atoms with van der Waals surface area (Å²) in [4.78, 5) is 2.22. The van der Waals surface area contributed by atoms with Crippen molar-refractivity contribution in [3.63, 3.8) is 0 Å². The Hall–Kier alpha value is -0.260. The van der Waals surface area contributed by atoms with Gasteiger partial charge in [0, 0.05) is 32.4 Å². The number of nitrogens with zero attached hydrogens (tertiary/aromatic N) is 1. The van der Waals surface area contributed by atoms with Crippen LogP contribution in [0.25, 0.3) is 0 Å². The highest BCUT2D eigenvalue weighted by molar-refractivity contribution is 4.90. The Morgan fingerprint density at radius 3 is 2.59 bits per heavy atom. The number of likely N-dealkylation sites (tertiary alicyclic amines) is 1. The Morgan fingerprint density at radius 1 is 1.18 bits per heavy atom. The van der Waals surface area contributed by atoms with Crippen molar-refractivity contribution in [2.75, 3.05) is 32.8 Å². The molecule has 1 spiro atoms. The third kappa shape index (κ3) is 2.46. The van der Waals surface area contributed by atoms with E-state index in [0.717, 1.165) is 26.1 Å². The molecule has 3 rings (SSSR count). The minimum absolute atomic E-state index is 0.0538. The topological polar surface area (TPSA) is 21.7 Å². The van der Waals surface area contributed by atoms with Crippen LogP contribution in [0.1, 0.15) is 25.7 Å². The largest absolute Gasteiger partial charge is 0.346 e. The highest BCUT2D eigenvalue weighted by Gasteiger charge is 2.45. The van der Waals surface area contributed by atoms with E-state index in [2.05, 4.69) is 4.90 Å². The van der Waals surface area contributed by atoms with Crippen LogP contribution in [0.3, 0.4) is 0 Å². The van der Waals surface area contributed by atoms with Crippen LogP contribution in [-0.2, 0) is 9.47 Å². The zero-order valence-electron chi connectivity index (χ0n) is 9.96. The average molecular weight is 247 g/mol. The van der Waals surface area contributed by atoms with E-state index in [-0.39, 0.29) is 18.8 Å². The molecule has 0 bridgehead atoms. The van der Waals surface area contributed by atoms with E-state index in [4.69, 9.17) is 9.47 Å². The molecule has 1 atom stereocenters. The molecule has 0 aromatic heterocycles. The molecule has 2 saturated heterocycles. The van der Waals surface area contributed by atoms with Crippen molar-refractivity contribution in [2.45, 2.75) is 37.4 Å². The van der Waals surface area contributed by atoms with E-state index in [1.807, 2.05) is 0 Å². The molecule has 1 aliphatic carbocycles. The zero-order chi connectivity index (χ0) is 11.9. The van der Waals surface area contributed by atoms with Gasteiger partial charge in [-0.05, 0) is 12.3 Å². The molecule has 3 aliphatic rings. The second kappa shape index (κ2) is 4.14. The molecule has 3 fully saturated rings. The van der Waals surface area contributed by atoms with Gasteiger partial charge >= 0.3 is 0 Å². The van der Waals surface area contributed by atoms with Gasteiger partial charge in [0.25, 0.3) is 0 Å². The lowest BCUT2D eigenvalue weighted by Gasteiger charge is -2.24. The fourth-order valence-corrected chi connectivity index (χ4v) is 3.28. The van der Waals surface area contributed by atoms with Gasteiger partial charge in [-0.15, -0.1) is 0 Å². The molecule has 1 unspecified atom stereocenters. The van der Waals surface area contributed by atoms with E-state index in [9.17, 15) is 8.78 Å². The highest BCUT2D eigenvalue weighted by atomic mass is 19.3.